The van der Waals surface area contributed by atoms with Gasteiger partial charge in [-0.05, 0) is 17.9 Å². The fourth-order valence-electron chi connectivity index (χ4n) is 1.16. The van der Waals surface area contributed by atoms with Gasteiger partial charge in [-0.15, -0.1) is 11.3 Å². The van der Waals surface area contributed by atoms with Gasteiger partial charge in [0.1, 0.15) is 5.75 Å². The van der Waals surface area contributed by atoms with Gasteiger partial charge >= 0.3 is 12.0 Å². The van der Waals surface area contributed by atoms with E-state index in [2.05, 4.69) is 10.6 Å². The van der Waals surface area contributed by atoms with Crippen molar-refractivity contribution in [2.24, 2.45) is 0 Å². The highest BCUT2D eigenvalue weighted by Gasteiger charge is 2.14. The van der Waals surface area contributed by atoms with Crippen molar-refractivity contribution < 1.29 is 24.2 Å². The van der Waals surface area contributed by atoms with E-state index in [1.807, 2.05) is 6.92 Å². The van der Waals surface area contributed by atoms with Crippen LogP contribution in [0.3, 0.4) is 0 Å². The Labute approximate surface area is 113 Å². The molecule has 19 heavy (non-hydrogen) atoms. The molecule has 1 heterocycles. The zero-order valence-corrected chi connectivity index (χ0v) is 11.1. The summed E-state index contributed by atoms with van der Waals surface area (Å²) >= 11 is 0.999. The molecule has 0 saturated heterocycles. The van der Waals surface area contributed by atoms with Gasteiger partial charge in [-0.3, -0.25) is 10.1 Å². The lowest BCUT2D eigenvalue weighted by molar-refractivity contribution is -0.122. The molecule has 104 valence electrons. The molecule has 3 N–H and O–H groups in total. The normalized spacial score (nSPS) is 9.74. The average molecular weight is 286 g/mol. The summed E-state index contributed by atoms with van der Waals surface area (Å²) in [4.78, 5) is 33.3. The lowest BCUT2D eigenvalue weighted by atomic mass is 10.4. The van der Waals surface area contributed by atoms with Crippen LogP contribution in [0.15, 0.2) is 11.4 Å². The third kappa shape index (κ3) is 4.96. The largest absolute Gasteiger partial charge is 0.482 e. The molecule has 0 aliphatic rings. The Bertz CT molecular complexity index is 471. The topological polar surface area (TPSA) is 105 Å². The molecule has 1 aromatic heterocycles. The van der Waals surface area contributed by atoms with Crippen molar-refractivity contribution in [3.05, 3.63) is 16.3 Å². The van der Waals surface area contributed by atoms with Gasteiger partial charge in [-0.1, -0.05) is 6.92 Å². The van der Waals surface area contributed by atoms with Gasteiger partial charge in [0, 0.05) is 6.54 Å². The number of imide groups is 1. The van der Waals surface area contributed by atoms with Gasteiger partial charge in [0.25, 0.3) is 5.91 Å². The van der Waals surface area contributed by atoms with Crippen LogP contribution in [0, 0.1) is 0 Å². The zero-order valence-electron chi connectivity index (χ0n) is 10.3. The molecule has 0 aromatic carbocycles. The first kappa shape index (κ1) is 15.0. The Morgan fingerprint density at radius 3 is 2.79 bits per heavy atom. The van der Waals surface area contributed by atoms with Crippen molar-refractivity contribution in [3.63, 3.8) is 0 Å². The monoisotopic (exact) mass is 286 g/mol. The number of hydrogen-bond donors (Lipinski definition) is 3. The summed E-state index contributed by atoms with van der Waals surface area (Å²) in [5.41, 5.74) is 0. The van der Waals surface area contributed by atoms with Crippen LogP contribution >= 0.6 is 11.3 Å². The minimum atomic E-state index is -1.12. The minimum absolute atomic E-state index is 0.0169. The van der Waals surface area contributed by atoms with Crippen LogP contribution in [0.5, 0.6) is 5.75 Å². The van der Waals surface area contributed by atoms with Gasteiger partial charge in [-0.25, -0.2) is 9.59 Å². The molecule has 0 unspecified atom stereocenters. The highest BCUT2D eigenvalue weighted by atomic mass is 32.1. The van der Waals surface area contributed by atoms with Crippen LogP contribution in [0.2, 0.25) is 0 Å². The lowest BCUT2D eigenvalue weighted by Gasteiger charge is -2.07. The quantitative estimate of drug-likeness (QED) is 0.725. The number of urea groups is 1. The number of ether oxygens (including phenoxy) is 1. The van der Waals surface area contributed by atoms with Crippen LogP contribution in [0.25, 0.3) is 0 Å². The number of rotatable bonds is 6. The van der Waals surface area contributed by atoms with Crippen molar-refractivity contribution in [3.8, 4) is 5.75 Å². The molecule has 1 rings (SSSR count). The Morgan fingerprint density at radius 2 is 2.16 bits per heavy atom. The molecular formula is C11H14N2O5S. The average Bonchev–Trinajstić information content (AvgIpc) is 2.82. The second-order valence-corrected chi connectivity index (χ2v) is 4.43. The lowest BCUT2D eigenvalue weighted by Crippen LogP contribution is -2.41. The molecule has 7 nitrogen and oxygen atoms in total. The van der Waals surface area contributed by atoms with Crippen molar-refractivity contribution in [2.75, 3.05) is 13.2 Å². The number of aromatic carboxylic acids is 1. The number of thiophene rings is 1. The van der Waals surface area contributed by atoms with E-state index in [-0.39, 0.29) is 10.6 Å². The summed E-state index contributed by atoms with van der Waals surface area (Å²) in [7, 11) is 0. The Morgan fingerprint density at radius 1 is 1.42 bits per heavy atom. The molecule has 0 bridgehead atoms. The Kier molecular flexibility index (Phi) is 5.80. The molecule has 0 spiro atoms. The van der Waals surface area contributed by atoms with Gasteiger partial charge in [0.15, 0.2) is 11.5 Å². The SMILES string of the molecule is CCCNC(=O)NC(=O)COc1ccsc1C(=O)O. The molecule has 8 heteroatoms. The summed E-state index contributed by atoms with van der Waals surface area (Å²) in [6.45, 7) is 1.93. The second kappa shape index (κ2) is 7.37. The van der Waals surface area contributed by atoms with Gasteiger partial charge in [-0.2, -0.15) is 0 Å². The number of carbonyl (C=O) groups excluding carboxylic acids is 2. The maximum absolute atomic E-state index is 11.4. The Balaban J connectivity index is 2.40. The zero-order chi connectivity index (χ0) is 14.3. The van der Waals surface area contributed by atoms with Gasteiger partial charge < -0.3 is 15.2 Å². The number of carbonyl (C=O) groups is 3. The smallest absolute Gasteiger partial charge is 0.349 e. The van der Waals surface area contributed by atoms with Crippen LogP contribution in [0.4, 0.5) is 4.79 Å². The maximum Gasteiger partial charge on any atom is 0.349 e. The third-order valence-corrected chi connectivity index (χ3v) is 2.85. The molecule has 0 fully saturated rings. The van der Waals surface area contributed by atoms with E-state index < -0.39 is 24.5 Å². The molecule has 1 aromatic rings. The number of carboxylic acid groups (broad SMARTS) is 1. The summed E-state index contributed by atoms with van der Waals surface area (Å²) in [5.74, 6) is -1.65. The molecule has 0 saturated carbocycles. The first-order chi connectivity index (χ1) is 9.04. The number of hydrogen-bond acceptors (Lipinski definition) is 5. The first-order valence-electron chi connectivity index (χ1n) is 5.55. The van der Waals surface area contributed by atoms with E-state index in [1.165, 1.54) is 6.07 Å². The molecule has 0 aliphatic carbocycles. The van der Waals surface area contributed by atoms with E-state index in [0.717, 1.165) is 17.8 Å². The molecule has 0 aliphatic heterocycles. The second-order valence-electron chi connectivity index (χ2n) is 3.51. The van der Waals surface area contributed by atoms with Gasteiger partial charge in [0.05, 0.1) is 0 Å². The molecule has 3 amide bonds. The predicted molar refractivity (Wildman–Crippen MR) is 68.6 cm³/mol. The summed E-state index contributed by atoms with van der Waals surface area (Å²) in [6.07, 6.45) is 0.759. The fraction of sp³-hybridized carbons (Fsp3) is 0.364. The number of nitrogens with one attached hydrogen (secondary N) is 2. The highest BCUT2D eigenvalue weighted by Crippen LogP contribution is 2.24. The number of carboxylic acids is 1. The third-order valence-electron chi connectivity index (χ3n) is 1.97. The fourth-order valence-corrected chi connectivity index (χ4v) is 1.83. The minimum Gasteiger partial charge on any atom is -0.482 e. The van der Waals surface area contributed by atoms with E-state index in [0.29, 0.717) is 6.54 Å². The molecular weight excluding hydrogens is 272 g/mol. The van der Waals surface area contributed by atoms with E-state index >= 15 is 0 Å². The van der Waals surface area contributed by atoms with Crippen LogP contribution < -0.4 is 15.4 Å². The van der Waals surface area contributed by atoms with Crippen molar-refractivity contribution in [1.82, 2.24) is 10.6 Å². The maximum atomic E-state index is 11.4. The summed E-state index contributed by atoms with van der Waals surface area (Å²) in [5, 5.41) is 14.9. The van der Waals surface area contributed by atoms with Gasteiger partial charge in [0.2, 0.25) is 0 Å². The van der Waals surface area contributed by atoms with Crippen LogP contribution in [0.1, 0.15) is 23.0 Å². The molecule has 0 atom stereocenters. The van der Waals surface area contributed by atoms with Crippen LogP contribution in [-0.4, -0.2) is 36.2 Å². The van der Waals surface area contributed by atoms with E-state index in [1.54, 1.807) is 5.38 Å². The summed E-state index contributed by atoms with van der Waals surface area (Å²) < 4.78 is 5.04. The highest BCUT2D eigenvalue weighted by molar-refractivity contribution is 7.12. The van der Waals surface area contributed by atoms with E-state index in [4.69, 9.17) is 9.84 Å². The standard InChI is InChI=1S/C11H14N2O5S/c1-2-4-12-11(17)13-8(14)6-18-7-3-5-19-9(7)10(15)16/h3,5H,2,4,6H2,1H3,(H,15,16)(H2,12,13,14,17). The Hall–Kier alpha value is -2.09. The predicted octanol–water partition coefficient (Wildman–Crippen LogP) is 1.06. The van der Waals surface area contributed by atoms with Crippen LogP contribution in [-0.2, 0) is 4.79 Å². The summed E-state index contributed by atoms with van der Waals surface area (Å²) in [6, 6.07) is 0.859. The first-order valence-corrected chi connectivity index (χ1v) is 6.43. The number of amides is 3. The van der Waals surface area contributed by atoms with Crippen molar-refractivity contribution in [1.29, 1.82) is 0 Å². The van der Waals surface area contributed by atoms with Crippen molar-refractivity contribution in [2.45, 2.75) is 13.3 Å². The molecule has 0 radical (unpaired) electrons. The van der Waals surface area contributed by atoms with E-state index in [9.17, 15) is 14.4 Å². The van der Waals surface area contributed by atoms with Crippen molar-refractivity contribution >= 4 is 29.2 Å².